The van der Waals surface area contributed by atoms with Crippen LogP contribution in [0.15, 0.2) is 0 Å². The molecule has 0 aromatic heterocycles. The third kappa shape index (κ3) is 3.19. The van der Waals surface area contributed by atoms with Gasteiger partial charge < -0.3 is 16.0 Å². The Labute approximate surface area is 103 Å². The highest BCUT2D eigenvalue weighted by Crippen LogP contribution is 2.32. The minimum atomic E-state index is -0.449. The van der Waals surface area contributed by atoms with E-state index in [4.69, 9.17) is 5.73 Å². The van der Waals surface area contributed by atoms with E-state index < -0.39 is 5.91 Å². The van der Waals surface area contributed by atoms with Crippen molar-refractivity contribution >= 4 is 11.8 Å². The number of likely N-dealkylation sites (N-methyl/N-ethyl adjacent to an activating group) is 1. The van der Waals surface area contributed by atoms with Gasteiger partial charge in [0.15, 0.2) is 0 Å². The summed E-state index contributed by atoms with van der Waals surface area (Å²) in [6, 6.07) is 0. The lowest BCUT2D eigenvalue weighted by Crippen LogP contribution is -2.53. The summed E-state index contributed by atoms with van der Waals surface area (Å²) in [5.41, 5.74) is 4.83. The molecule has 0 aromatic rings. The van der Waals surface area contributed by atoms with Crippen molar-refractivity contribution in [3.05, 3.63) is 0 Å². The number of hydrogen-bond donors (Lipinski definition) is 2. The predicted octanol–water partition coefficient (Wildman–Crippen LogP) is 0.100. The molecule has 1 saturated heterocycles. The molecule has 0 radical (unpaired) electrons. The van der Waals surface area contributed by atoms with Crippen molar-refractivity contribution < 1.29 is 9.59 Å². The fourth-order valence-electron chi connectivity index (χ4n) is 2.45. The Morgan fingerprint density at radius 3 is 2.53 bits per heavy atom. The van der Waals surface area contributed by atoms with Crippen LogP contribution in [-0.4, -0.2) is 42.9 Å². The summed E-state index contributed by atoms with van der Waals surface area (Å²) in [6.45, 7) is 6.14. The van der Waals surface area contributed by atoms with Crippen LogP contribution in [0.2, 0.25) is 0 Å². The van der Waals surface area contributed by atoms with E-state index in [-0.39, 0.29) is 17.9 Å². The second kappa shape index (κ2) is 6.00. The highest BCUT2D eigenvalue weighted by Gasteiger charge is 2.40. The minimum Gasteiger partial charge on any atom is -0.368 e. The molecule has 0 aliphatic carbocycles. The maximum Gasteiger partial charge on any atom is 0.237 e. The van der Waals surface area contributed by atoms with E-state index in [9.17, 15) is 9.59 Å². The lowest BCUT2D eigenvalue weighted by molar-refractivity contribution is -0.145. The van der Waals surface area contributed by atoms with Crippen LogP contribution in [0.4, 0.5) is 0 Å². The molecule has 5 heteroatoms. The number of carbonyl (C=O) groups excluding carboxylic acids is 2. The van der Waals surface area contributed by atoms with E-state index in [1.165, 1.54) is 0 Å². The van der Waals surface area contributed by atoms with Gasteiger partial charge in [-0.05, 0) is 32.7 Å². The summed E-state index contributed by atoms with van der Waals surface area (Å²) in [5.74, 6) is -0.385. The first-order valence-corrected chi connectivity index (χ1v) is 6.34. The van der Waals surface area contributed by atoms with Crippen molar-refractivity contribution in [3.8, 4) is 0 Å². The number of carbonyl (C=O) groups is 2. The molecular formula is C12H23N3O2. The average Bonchev–Trinajstić information content (AvgIpc) is 2.35. The number of primary amides is 1. The Hall–Kier alpha value is -1.10. The zero-order chi connectivity index (χ0) is 12.9. The van der Waals surface area contributed by atoms with Gasteiger partial charge in [-0.2, -0.15) is 0 Å². The van der Waals surface area contributed by atoms with Crippen LogP contribution >= 0.6 is 0 Å². The van der Waals surface area contributed by atoms with Crippen molar-refractivity contribution in [3.63, 3.8) is 0 Å². The van der Waals surface area contributed by atoms with Gasteiger partial charge >= 0.3 is 0 Å². The standard InChI is InChI=1S/C12H23N3O2/c1-3-12(6-5-7-14-9-12)11(17)15(4-2)8-10(13)16/h14H,3-9H2,1-2H3,(H2,13,16). The predicted molar refractivity (Wildman–Crippen MR) is 66.3 cm³/mol. The average molecular weight is 241 g/mol. The lowest BCUT2D eigenvalue weighted by atomic mass is 9.77. The van der Waals surface area contributed by atoms with Gasteiger partial charge in [0.25, 0.3) is 0 Å². The second-order valence-electron chi connectivity index (χ2n) is 4.70. The topological polar surface area (TPSA) is 75.4 Å². The SMILES string of the molecule is CCN(CC(N)=O)C(=O)C1(CC)CCCNC1. The Morgan fingerprint density at radius 2 is 2.12 bits per heavy atom. The summed E-state index contributed by atoms with van der Waals surface area (Å²) >= 11 is 0. The summed E-state index contributed by atoms with van der Waals surface area (Å²) in [7, 11) is 0. The molecule has 3 N–H and O–H groups in total. The molecule has 2 amide bonds. The normalized spacial score (nSPS) is 24.4. The number of hydrogen-bond acceptors (Lipinski definition) is 3. The molecule has 1 heterocycles. The number of rotatable bonds is 5. The molecule has 0 aromatic carbocycles. The molecule has 1 rings (SSSR count). The van der Waals surface area contributed by atoms with Crippen LogP contribution in [0.3, 0.4) is 0 Å². The van der Waals surface area contributed by atoms with Crippen LogP contribution in [0.25, 0.3) is 0 Å². The number of piperidine rings is 1. The first kappa shape index (κ1) is 14.0. The van der Waals surface area contributed by atoms with E-state index >= 15 is 0 Å². The molecule has 0 spiro atoms. The monoisotopic (exact) mass is 241 g/mol. The summed E-state index contributed by atoms with van der Waals surface area (Å²) in [5, 5.41) is 3.28. The number of nitrogens with one attached hydrogen (secondary N) is 1. The zero-order valence-electron chi connectivity index (χ0n) is 10.8. The Bertz CT molecular complexity index is 285. The number of nitrogens with two attached hydrogens (primary N) is 1. The quantitative estimate of drug-likeness (QED) is 0.717. The summed E-state index contributed by atoms with van der Waals surface area (Å²) < 4.78 is 0. The van der Waals surface area contributed by atoms with Gasteiger partial charge in [-0.15, -0.1) is 0 Å². The second-order valence-corrected chi connectivity index (χ2v) is 4.70. The molecule has 1 unspecified atom stereocenters. The highest BCUT2D eigenvalue weighted by atomic mass is 16.2. The third-order valence-corrected chi connectivity index (χ3v) is 3.62. The Morgan fingerprint density at radius 1 is 1.41 bits per heavy atom. The fraction of sp³-hybridized carbons (Fsp3) is 0.833. The van der Waals surface area contributed by atoms with Gasteiger partial charge in [0.05, 0.1) is 12.0 Å². The highest BCUT2D eigenvalue weighted by molar-refractivity contribution is 5.87. The number of nitrogens with zero attached hydrogens (tertiary/aromatic N) is 1. The number of amides is 2. The van der Waals surface area contributed by atoms with Gasteiger partial charge in [0.2, 0.25) is 11.8 Å². The van der Waals surface area contributed by atoms with E-state index in [1.807, 2.05) is 13.8 Å². The van der Waals surface area contributed by atoms with Crippen LogP contribution < -0.4 is 11.1 Å². The van der Waals surface area contributed by atoms with Crippen LogP contribution in [0, 0.1) is 5.41 Å². The molecule has 1 aliphatic rings. The maximum atomic E-state index is 12.5. The maximum absolute atomic E-state index is 12.5. The summed E-state index contributed by atoms with van der Waals surface area (Å²) in [6.07, 6.45) is 2.70. The smallest absolute Gasteiger partial charge is 0.237 e. The van der Waals surface area contributed by atoms with Gasteiger partial charge in [-0.25, -0.2) is 0 Å². The minimum absolute atomic E-state index is 0.0249. The third-order valence-electron chi connectivity index (χ3n) is 3.62. The van der Waals surface area contributed by atoms with Gasteiger partial charge in [-0.1, -0.05) is 6.92 Å². The van der Waals surface area contributed by atoms with Crippen LogP contribution in [0.5, 0.6) is 0 Å². The zero-order valence-corrected chi connectivity index (χ0v) is 10.8. The molecule has 0 saturated carbocycles. The molecule has 1 fully saturated rings. The van der Waals surface area contributed by atoms with Crippen molar-refractivity contribution in [2.45, 2.75) is 33.1 Å². The van der Waals surface area contributed by atoms with Crippen molar-refractivity contribution in [1.29, 1.82) is 0 Å². The molecule has 5 nitrogen and oxygen atoms in total. The summed E-state index contributed by atoms with van der Waals surface area (Å²) in [4.78, 5) is 25.0. The van der Waals surface area contributed by atoms with Gasteiger partial charge in [0, 0.05) is 13.1 Å². The van der Waals surface area contributed by atoms with E-state index in [2.05, 4.69) is 5.32 Å². The molecule has 1 atom stereocenters. The molecule has 1 aliphatic heterocycles. The van der Waals surface area contributed by atoms with Crippen LogP contribution in [0.1, 0.15) is 33.1 Å². The fourth-order valence-corrected chi connectivity index (χ4v) is 2.45. The Kier molecular flexibility index (Phi) is 4.93. The Balaban J connectivity index is 2.78. The first-order valence-electron chi connectivity index (χ1n) is 6.34. The lowest BCUT2D eigenvalue weighted by Gasteiger charge is -2.39. The molecule has 17 heavy (non-hydrogen) atoms. The van der Waals surface area contributed by atoms with E-state index in [0.717, 1.165) is 25.8 Å². The van der Waals surface area contributed by atoms with Gasteiger partial charge in [-0.3, -0.25) is 9.59 Å². The molecule has 98 valence electrons. The van der Waals surface area contributed by atoms with E-state index in [1.54, 1.807) is 4.90 Å². The van der Waals surface area contributed by atoms with E-state index in [0.29, 0.717) is 13.1 Å². The largest absolute Gasteiger partial charge is 0.368 e. The molecular weight excluding hydrogens is 218 g/mol. The first-order chi connectivity index (χ1) is 8.05. The van der Waals surface area contributed by atoms with Crippen molar-refractivity contribution in [1.82, 2.24) is 10.2 Å². The molecule has 0 bridgehead atoms. The van der Waals surface area contributed by atoms with Crippen LogP contribution in [-0.2, 0) is 9.59 Å². The van der Waals surface area contributed by atoms with Crippen molar-refractivity contribution in [2.24, 2.45) is 11.1 Å². The van der Waals surface area contributed by atoms with Gasteiger partial charge in [0.1, 0.15) is 0 Å². The van der Waals surface area contributed by atoms with Crippen molar-refractivity contribution in [2.75, 3.05) is 26.2 Å².